The Morgan fingerprint density at radius 2 is 1.79 bits per heavy atom. The molecule has 0 saturated heterocycles. The molecule has 2 amide bonds. The third-order valence-corrected chi connectivity index (χ3v) is 10.9. The number of aromatic nitrogens is 1. The topological polar surface area (TPSA) is 97.1 Å². The van der Waals surface area contributed by atoms with E-state index in [0.29, 0.717) is 35.2 Å². The molecule has 0 spiro atoms. The van der Waals surface area contributed by atoms with E-state index in [0.717, 1.165) is 69.0 Å². The van der Waals surface area contributed by atoms with Gasteiger partial charge in [0.05, 0.1) is 10.8 Å². The van der Waals surface area contributed by atoms with Gasteiger partial charge in [-0.05, 0) is 99.3 Å². The minimum absolute atomic E-state index is 0.0345. The number of nitrogens with two attached hydrogens (primary N) is 1. The number of hydrogen-bond donors (Lipinski definition) is 3. The Bertz CT molecular complexity index is 1180. The smallest absolute Gasteiger partial charge is 0.230 e. The quantitative estimate of drug-likeness (QED) is 0.406. The van der Waals surface area contributed by atoms with Crippen molar-refractivity contribution in [3.8, 4) is 0 Å². The highest BCUT2D eigenvalue weighted by Gasteiger charge is 2.59. The number of alkyl halides is 1. The number of pyridine rings is 1. The summed E-state index contributed by atoms with van der Waals surface area (Å²) in [5.74, 6) is 1.76. The summed E-state index contributed by atoms with van der Waals surface area (Å²) in [5.41, 5.74) is 5.91. The fraction of sp³-hybridized carbons (Fsp3) is 0.645. The van der Waals surface area contributed by atoms with E-state index in [4.69, 9.17) is 17.3 Å². The van der Waals surface area contributed by atoms with Gasteiger partial charge in [-0.25, -0.2) is 4.39 Å². The predicted octanol–water partition coefficient (Wildman–Crippen LogP) is 5.65. The molecule has 5 fully saturated rings. The van der Waals surface area contributed by atoms with Gasteiger partial charge < -0.3 is 16.4 Å². The van der Waals surface area contributed by atoms with Gasteiger partial charge in [0.15, 0.2) is 0 Å². The van der Waals surface area contributed by atoms with Crippen LogP contribution in [0.5, 0.6) is 0 Å². The first-order chi connectivity index (χ1) is 18.6. The summed E-state index contributed by atoms with van der Waals surface area (Å²) in [6.45, 7) is 1.93. The normalized spacial score (nSPS) is 37.1. The molecule has 8 heteroatoms. The fourth-order valence-electron chi connectivity index (χ4n) is 9.08. The molecule has 0 radical (unpaired) electrons. The predicted molar refractivity (Wildman–Crippen MR) is 150 cm³/mol. The Labute approximate surface area is 235 Å². The molecule has 39 heavy (non-hydrogen) atoms. The van der Waals surface area contributed by atoms with E-state index in [-0.39, 0.29) is 29.7 Å². The standard InChI is InChI=1S/C31H40ClFN4O2/c1-29(33)9-4-23(24(32)17-29)31(7-2-3-8-31)28(39)36-18-25(34)26-20-12-19-13-21(26)16-30(14-19,15-20)27(38)37-22-5-10-35-11-6-22/h4-6,10-11,17,19-21,25-26H,2-3,7-9,12-16,18,34H2,1H3,(H,36,39)(H,35,37,38). The molecule has 5 saturated carbocycles. The lowest BCUT2D eigenvalue weighted by molar-refractivity contribution is -0.149. The molecule has 210 valence electrons. The summed E-state index contributed by atoms with van der Waals surface area (Å²) >= 11 is 6.55. The maximum absolute atomic E-state index is 14.5. The van der Waals surface area contributed by atoms with Crippen LogP contribution < -0.4 is 16.4 Å². The zero-order valence-electron chi connectivity index (χ0n) is 22.7. The lowest BCUT2D eigenvalue weighted by atomic mass is 9.45. The van der Waals surface area contributed by atoms with E-state index in [1.807, 2.05) is 18.2 Å². The summed E-state index contributed by atoms with van der Waals surface area (Å²) in [4.78, 5) is 31.3. The van der Waals surface area contributed by atoms with Gasteiger partial charge in [0.25, 0.3) is 0 Å². The Kier molecular flexibility index (Phi) is 6.90. The Hall–Kier alpha value is -2.25. The number of halogens is 2. The highest BCUT2D eigenvalue weighted by atomic mass is 35.5. The summed E-state index contributed by atoms with van der Waals surface area (Å²) in [5, 5.41) is 6.72. The Morgan fingerprint density at radius 1 is 1.13 bits per heavy atom. The summed E-state index contributed by atoms with van der Waals surface area (Å²) in [6.07, 6.45) is 15.2. The zero-order chi connectivity index (χ0) is 27.4. The average molecular weight is 555 g/mol. The molecule has 4 N–H and O–H groups in total. The number of nitrogens with zero attached hydrogens (tertiary/aromatic N) is 1. The van der Waals surface area contributed by atoms with Gasteiger partial charge >= 0.3 is 0 Å². The van der Waals surface area contributed by atoms with E-state index in [1.54, 1.807) is 12.4 Å². The van der Waals surface area contributed by atoms with Gasteiger partial charge in [0.2, 0.25) is 11.8 Å². The summed E-state index contributed by atoms with van der Waals surface area (Å²) in [6, 6.07) is 3.50. The Morgan fingerprint density at radius 3 is 2.44 bits per heavy atom. The number of carbonyl (C=O) groups is 2. The number of carbonyl (C=O) groups excluding carboxylic acids is 2. The van der Waals surface area contributed by atoms with Crippen molar-refractivity contribution in [3.05, 3.63) is 47.3 Å². The molecule has 1 aromatic rings. The van der Waals surface area contributed by atoms with Crippen molar-refractivity contribution >= 4 is 29.1 Å². The minimum Gasteiger partial charge on any atom is -0.354 e. The molecule has 6 aliphatic rings. The third-order valence-electron chi connectivity index (χ3n) is 10.6. The summed E-state index contributed by atoms with van der Waals surface area (Å²) in [7, 11) is 0. The first-order valence-electron chi connectivity index (χ1n) is 14.6. The molecule has 4 atom stereocenters. The van der Waals surface area contributed by atoms with Crippen LogP contribution >= 0.6 is 11.6 Å². The lowest BCUT2D eigenvalue weighted by Crippen LogP contribution is -2.60. The maximum atomic E-state index is 14.5. The molecule has 1 aromatic heterocycles. The molecule has 7 rings (SSSR count). The van der Waals surface area contributed by atoms with Gasteiger partial charge in [-0.1, -0.05) is 30.5 Å². The number of anilines is 1. The van der Waals surface area contributed by atoms with Crippen molar-refractivity contribution in [1.29, 1.82) is 0 Å². The average Bonchev–Trinajstić information content (AvgIpc) is 3.37. The summed E-state index contributed by atoms with van der Waals surface area (Å²) < 4.78 is 14.5. The minimum atomic E-state index is -1.48. The maximum Gasteiger partial charge on any atom is 0.230 e. The molecule has 4 bridgehead atoms. The van der Waals surface area contributed by atoms with Gasteiger partial charge in [-0.2, -0.15) is 0 Å². The second kappa shape index (κ2) is 9.99. The van der Waals surface area contributed by atoms with Crippen molar-refractivity contribution in [2.45, 2.75) is 82.8 Å². The van der Waals surface area contributed by atoms with Crippen LogP contribution in [0.25, 0.3) is 0 Å². The molecule has 0 aliphatic heterocycles. The van der Waals surface area contributed by atoms with Crippen LogP contribution in [0.4, 0.5) is 10.1 Å². The SMILES string of the molecule is CC1(F)C=C(Cl)C(C2(C(=O)NCC(N)C3C4CC5CC3CC(C(=O)Nc3ccncc3)(C5)C4)CCCC2)=CC1. The van der Waals surface area contributed by atoms with Crippen LogP contribution in [0.15, 0.2) is 47.3 Å². The van der Waals surface area contributed by atoms with Crippen LogP contribution in [0.2, 0.25) is 0 Å². The van der Waals surface area contributed by atoms with Crippen molar-refractivity contribution in [2.75, 3.05) is 11.9 Å². The first-order valence-corrected chi connectivity index (χ1v) is 15.0. The van der Waals surface area contributed by atoms with E-state index in [9.17, 15) is 14.0 Å². The van der Waals surface area contributed by atoms with Crippen LogP contribution in [-0.2, 0) is 9.59 Å². The van der Waals surface area contributed by atoms with E-state index < -0.39 is 11.1 Å². The second-order valence-corrected chi connectivity index (χ2v) is 13.7. The third kappa shape index (κ3) is 4.84. The lowest BCUT2D eigenvalue weighted by Gasteiger charge is -2.60. The van der Waals surface area contributed by atoms with Crippen LogP contribution in [0.3, 0.4) is 0 Å². The molecule has 6 nitrogen and oxygen atoms in total. The largest absolute Gasteiger partial charge is 0.354 e. The van der Waals surface area contributed by atoms with E-state index >= 15 is 0 Å². The molecule has 6 aliphatic carbocycles. The van der Waals surface area contributed by atoms with Crippen molar-refractivity contribution < 1.29 is 14.0 Å². The van der Waals surface area contributed by atoms with Gasteiger partial charge in [0, 0.05) is 42.1 Å². The monoisotopic (exact) mass is 554 g/mol. The van der Waals surface area contributed by atoms with Crippen molar-refractivity contribution in [3.63, 3.8) is 0 Å². The number of amides is 2. The van der Waals surface area contributed by atoms with Crippen LogP contribution in [0.1, 0.15) is 71.1 Å². The highest BCUT2D eigenvalue weighted by Crippen LogP contribution is 2.63. The fourth-order valence-corrected chi connectivity index (χ4v) is 9.56. The number of allylic oxidation sites excluding steroid dienone is 3. The number of hydrogen-bond acceptors (Lipinski definition) is 4. The second-order valence-electron chi connectivity index (χ2n) is 13.3. The molecular weight excluding hydrogens is 515 g/mol. The van der Waals surface area contributed by atoms with E-state index in [1.165, 1.54) is 13.0 Å². The Balaban J connectivity index is 1.12. The molecule has 1 heterocycles. The van der Waals surface area contributed by atoms with E-state index in [2.05, 4.69) is 15.6 Å². The van der Waals surface area contributed by atoms with Gasteiger partial charge in [-0.3, -0.25) is 14.6 Å². The van der Waals surface area contributed by atoms with Crippen molar-refractivity contribution in [1.82, 2.24) is 10.3 Å². The van der Waals surface area contributed by atoms with Crippen LogP contribution in [0, 0.1) is 34.5 Å². The molecular formula is C31H40ClFN4O2. The van der Waals surface area contributed by atoms with Crippen LogP contribution in [-0.4, -0.2) is 35.1 Å². The molecule has 0 aromatic carbocycles. The number of rotatable bonds is 7. The molecule has 4 unspecified atom stereocenters. The highest BCUT2D eigenvalue weighted by molar-refractivity contribution is 6.32. The first kappa shape index (κ1) is 26.9. The number of nitrogens with one attached hydrogen (secondary N) is 2. The van der Waals surface area contributed by atoms with Gasteiger partial charge in [0.1, 0.15) is 5.67 Å². The van der Waals surface area contributed by atoms with Gasteiger partial charge in [-0.15, -0.1) is 0 Å². The van der Waals surface area contributed by atoms with Crippen molar-refractivity contribution in [2.24, 2.45) is 40.2 Å². The zero-order valence-corrected chi connectivity index (χ0v) is 23.5.